The zero-order chi connectivity index (χ0) is 20.4. The van der Waals surface area contributed by atoms with Gasteiger partial charge in [0.15, 0.2) is 0 Å². The Hall–Kier alpha value is -2.56. The predicted octanol–water partition coefficient (Wildman–Crippen LogP) is 3.67. The number of thiophene rings is 1. The lowest BCUT2D eigenvalue weighted by atomic mass is 10.2. The molecule has 1 aromatic heterocycles. The number of rotatable bonds is 7. The monoisotopic (exact) mass is 438 g/mol. The number of methoxy groups -OCH3 is 1. The lowest BCUT2D eigenvalue weighted by molar-refractivity contribution is 0.417. The van der Waals surface area contributed by atoms with Gasteiger partial charge in [0.25, 0.3) is 20.0 Å². The van der Waals surface area contributed by atoms with Crippen LogP contribution in [0.25, 0.3) is 0 Å². The van der Waals surface area contributed by atoms with Crippen molar-refractivity contribution in [3.63, 3.8) is 0 Å². The van der Waals surface area contributed by atoms with Gasteiger partial charge in [0, 0.05) is 0 Å². The second-order valence-electron chi connectivity index (χ2n) is 5.82. The van der Waals surface area contributed by atoms with Gasteiger partial charge in [-0.25, -0.2) is 16.8 Å². The molecule has 0 radical (unpaired) electrons. The highest BCUT2D eigenvalue weighted by Gasteiger charge is 2.20. The van der Waals surface area contributed by atoms with E-state index >= 15 is 0 Å². The highest BCUT2D eigenvalue weighted by atomic mass is 32.2. The van der Waals surface area contributed by atoms with Gasteiger partial charge < -0.3 is 4.74 Å². The molecule has 0 amide bonds. The van der Waals surface area contributed by atoms with Gasteiger partial charge >= 0.3 is 0 Å². The molecule has 0 unspecified atom stereocenters. The zero-order valence-electron chi connectivity index (χ0n) is 15.0. The number of ether oxygens (including phenoxy) is 1. The maximum atomic E-state index is 12.8. The van der Waals surface area contributed by atoms with Crippen molar-refractivity contribution in [1.29, 1.82) is 0 Å². The van der Waals surface area contributed by atoms with Crippen molar-refractivity contribution in [3.8, 4) is 5.75 Å². The van der Waals surface area contributed by atoms with Gasteiger partial charge in [0.2, 0.25) is 0 Å². The van der Waals surface area contributed by atoms with Gasteiger partial charge in [-0.15, -0.1) is 11.3 Å². The fourth-order valence-corrected chi connectivity index (χ4v) is 5.63. The fraction of sp³-hybridized carbons (Fsp3) is 0.111. The molecule has 0 bridgehead atoms. The average Bonchev–Trinajstić information content (AvgIpc) is 3.19. The van der Waals surface area contributed by atoms with Crippen LogP contribution in [0.1, 0.15) is 5.56 Å². The Labute approximate surface area is 168 Å². The van der Waals surface area contributed by atoms with Crippen molar-refractivity contribution < 1.29 is 21.6 Å². The third-order valence-electron chi connectivity index (χ3n) is 3.87. The summed E-state index contributed by atoms with van der Waals surface area (Å²) in [5.74, 6) is 0.372. The molecular formula is C18H18N2O5S3. The summed E-state index contributed by atoms with van der Waals surface area (Å²) < 4.78 is 60.7. The van der Waals surface area contributed by atoms with Gasteiger partial charge in [-0.3, -0.25) is 9.44 Å². The standard InChI is InChI=1S/C18H18N2O5S3/c1-13-9-10-14(12-16(13)20-28(23,24)18-8-5-11-26-18)27(21,22)19-15-6-3-4-7-17(15)25-2/h3-12,19-20H,1-2H3. The van der Waals surface area contributed by atoms with E-state index in [1.807, 2.05) is 0 Å². The van der Waals surface area contributed by atoms with Crippen molar-refractivity contribution in [2.45, 2.75) is 16.0 Å². The van der Waals surface area contributed by atoms with E-state index in [1.165, 1.54) is 25.3 Å². The molecule has 2 N–H and O–H groups in total. The van der Waals surface area contributed by atoms with Crippen molar-refractivity contribution in [2.75, 3.05) is 16.6 Å². The van der Waals surface area contributed by atoms with E-state index in [2.05, 4.69) is 9.44 Å². The molecule has 2 aromatic carbocycles. The highest BCUT2D eigenvalue weighted by molar-refractivity contribution is 7.94. The Kier molecular flexibility index (Phi) is 5.64. The van der Waals surface area contributed by atoms with E-state index < -0.39 is 20.0 Å². The molecule has 148 valence electrons. The molecule has 3 aromatic rings. The van der Waals surface area contributed by atoms with Crippen molar-refractivity contribution >= 4 is 42.8 Å². The summed E-state index contributed by atoms with van der Waals surface area (Å²) in [4.78, 5) is -0.0760. The van der Waals surface area contributed by atoms with Crippen LogP contribution in [-0.4, -0.2) is 23.9 Å². The first-order valence-corrected chi connectivity index (χ1v) is 11.9. The van der Waals surface area contributed by atoms with Crippen LogP contribution in [0.3, 0.4) is 0 Å². The van der Waals surface area contributed by atoms with Gasteiger partial charge in [-0.2, -0.15) is 0 Å². The first-order valence-electron chi connectivity index (χ1n) is 8.06. The highest BCUT2D eigenvalue weighted by Crippen LogP contribution is 2.29. The van der Waals surface area contributed by atoms with E-state index in [9.17, 15) is 16.8 Å². The van der Waals surface area contributed by atoms with Crippen LogP contribution in [0.5, 0.6) is 5.75 Å². The topological polar surface area (TPSA) is 102 Å². The van der Waals surface area contributed by atoms with E-state index in [-0.39, 0.29) is 20.5 Å². The minimum Gasteiger partial charge on any atom is -0.495 e. The molecule has 0 saturated carbocycles. The first kappa shape index (κ1) is 20.2. The Morgan fingerprint density at radius 1 is 0.857 bits per heavy atom. The Morgan fingerprint density at radius 2 is 1.57 bits per heavy atom. The molecule has 3 rings (SSSR count). The maximum Gasteiger partial charge on any atom is 0.271 e. The summed E-state index contributed by atoms with van der Waals surface area (Å²) in [7, 11) is -6.31. The average molecular weight is 439 g/mol. The summed E-state index contributed by atoms with van der Waals surface area (Å²) >= 11 is 1.08. The number of hydrogen-bond donors (Lipinski definition) is 2. The molecule has 0 atom stereocenters. The van der Waals surface area contributed by atoms with Crippen LogP contribution >= 0.6 is 11.3 Å². The summed E-state index contributed by atoms with van der Waals surface area (Å²) in [5, 5.41) is 1.65. The van der Waals surface area contributed by atoms with Gasteiger partial charge in [0.05, 0.1) is 23.4 Å². The molecule has 0 saturated heterocycles. The molecule has 10 heteroatoms. The second-order valence-corrected chi connectivity index (χ2v) is 10.4. The molecule has 28 heavy (non-hydrogen) atoms. The van der Waals surface area contributed by atoms with Crippen molar-refractivity contribution in [1.82, 2.24) is 0 Å². The largest absolute Gasteiger partial charge is 0.495 e. The number of benzene rings is 2. The van der Waals surface area contributed by atoms with Gasteiger partial charge in [-0.1, -0.05) is 24.3 Å². The molecule has 7 nitrogen and oxygen atoms in total. The van der Waals surface area contributed by atoms with Crippen LogP contribution in [-0.2, 0) is 20.0 Å². The molecule has 0 aliphatic heterocycles. The smallest absolute Gasteiger partial charge is 0.271 e. The predicted molar refractivity (Wildman–Crippen MR) is 110 cm³/mol. The molecule has 0 spiro atoms. The van der Waals surface area contributed by atoms with E-state index in [0.29, 0.717) is 11.3 Å². The SMILES string of the molecule is COc1ccccc1NS(=O)(=O)c1ccc(C)c(NS(=O)(=O)c2cccs2)c1. The summed E-state index contributed by atoms with van der Waals surface area (Å²) in [5.41, 5.74) is 1.07. The van der Waals surface area contributed by atoms with Crippen molar-refractivity contribution in [2.24, 2.45) is 0 Å². The number of para-hydroxylation sites is 2. The van der Waals surface area contributed by atoms with Crippen LogP contribution in [0.15, 0.2) is 69.1 Å². The molecule has 0 aliphatic rings. The summed E-state index contributed by atoms with van der Waals surface area (Å²) in [6, 6.07) is 14.0. The van der Waals surface area contributed by atoms with Gasteiger partial charge in [-0.05, 0) is 48.2 Å². The summed E-state index contributed by atoms with van der Waals surface area (Å²) in [6.07, 6.45) is 0. The van der Waals surface area contributed by atoms with Crippen LogP contribution in [0, 0.1) is 6.92 Å². The minimum absolute atomic E-state index is 0.0760. The van der Waals surface area contributed by atoms with Crippen molar-refractivity contribution in [3.05, 3.63) is 65.5 Å². The lowest BCUT2D eigenvalue weighted by Gasteiger charge is -2.14. The third-order valence-corrected chi connectivity index (χ3v) is 8.00. The lowest BCUT2D eigenvalue weighted by Crippen LogP contribution is -2.16. The molecule has 0 fully saturated rings. The fourth-order valence-electron chi connectivity index (χ4n) is 2.42. The molecule has 0 aliphatic carbocycles. The summed E-state index contributed by atoms with van der Waals surface area (Å²) in [6.45, 7) is 1.69. The molecule has 1 heterocycles. The Bertz CT molecular complexity index is 1190. The Balaban J connectivity index is 1.94. The maximum absolute atomic E-state index is 12.8. The zero-order valence-corrected chi connectivity index (χ0v) is 17.5. The van der Waals surface area contributed by atoms with Crippen LogP contribution < -0.4 is 14.2 Å². The van der Waals surface area contributed by atoms with E-state index in [0.717, 1.165) is 11.3 Å². The second kappa shape index (κ2) is 7.82. The number of hydrogen-bond acceptors (Lipinski definition) is 6. The number of anilines is 2. The van der Waals surface area contributed by atoms with Crippen LogP contribution in [0.2, 0.25) is 0 Å². The van der Waals surface area contributed by atoms with E-state index in [1.54, 1.807) is 48.7 Å². The van der Waals surface area contributed by atoms with Gasteiger partial charge in [0.1, 0.15) is 9.96 Å². The number of nitrogens with one attached hydrogen (secondary N) is 2. The van der Waals surface area contributed by atoms with Crippen LogP contribution in [0.4, 0.5) is 11.4 Å². The Morgan fingerprint density at radius 3 is 2.25 bits per heavy atom. The quantitative estimate of drug-likeness (QED) is 0.586. The minimum atomic E-state index is -3.96. The third kappa shape index (κ3) is 4.29. The first-order chi connectivity index (χ1) is 13.2. The normalized spacial score (nSPS) is 11.8. The molecular weight excluding hydrogens is 420 g/mol. The van der Waals surface area contributed by atoms with E-state index in [4.69, 9.17) is 4.74 Å². The number of aryl methyl sites for hydroxylation is 1. The number of sulfonamides is 2.